The maximum Gasteiger partial charge on any atom is 0.119 e. The molecule has 0 radical (unpaired) electrons. The summed E-state index contributed by atoms with van der Waals surface area (Å²) in [6.07, 6.45) is 4.81. The molecule has 0 amide bonds. The molecule has 0 N–H and O–H groups in total. The average molecular weight is 253 g/mol. The summed E-state index contributed by atoms with van der Waals surface area (Å²) in [6.45, 7) is 0.498. The molecule has 4 nitrogen and oxygen atoms in total. The second kappa shape index (κ2) is 6.47. The van der Waals surface area contributed by atoms with Crippen LogP contribution in [0.2, 0.25) is 0 Å². The molecule has 0 aromatic heterocycles. The minimum atomic E-state index is 0.498. The van der Waals surface area contributed by atoms with Crippen molar-refractivity contribution in [3.05, 3.63) is 58.5 Å². The largest absolute Gasteiger partial charge is 0.497 e. The lowest BCUT2D eigenvalue weighted by atomic mass is 10.1. The minimum Gasteiger partial charge on any atom is -0.497 e. The fourth-order valence-corrected chi connectivity index (χ4v) is 1.87. The van der Waals surface area contributed by atoms with E-state index in [-0.39, 0.29) is 0 Å². The van der Waals surface area contributed by atoms with Gasteiger partial charge in [-0.2, -0.15) is 0 Å². The number of fused-ring (bicyclic) bond motifs is 1. The van der Waals surface area contributed by atoms with Crippen LogP contribution in [-0.4, -0.2) is 13.7 Å². The zero-order valence-electron chi connectivity index (χ0n) is 10.8. The van der Waals surface area contributed by atoms with E-state index < -0.39 is 0 Å². The Morgan fingerprint density at radius 2 is 2.00 bits per heavy atom. The first kappa shape index (κ1) is 13.0. The summed E-state index contributed by atoms with van der Waals surface area (Å²) in [5.41, 5.74) is 9.31. The molecule has 0 fully saturated rings. The zero-order chi connectivity index (χ0) is 13.5. The van der Waals surface area contributed by atoms with Crippen molar-refractivity contribution in [3.8, 4) is 5.75 Å². The summed E-state index contributed by atoms with van der Waals surface area (Å²) in [4.78, 5) is 2.72. The zero-order valence-corrected chi connectivity index (χ0v) is 10.8. The number of hydrogen-bond donors (Lipinski definition) is 0. The number of hydrogen-bond acceptors (Lipinski definition) is 2. The number of benzene rings is 2. The SMILES string of the molecule is COc1ccc2cc(C=CCCN=[N+]=[N-])ccc2c1. The Kier molecular flexibility index (Phi) is 4.43. The van der Waals surface area contributed by atoms with E-state index in [9.17, 15) is 0 Å². The third kappa shape index (κ3) is 3.50. The molecule has 0 saturated heterocycles. The first-order valence-corrected chi connectivity index (χ1v) is 6.08. The number of rotatable bonds is 5. The van der Waals surface area contributed by atoms with Crippen molar-refractivity contribution in [2.24, 2.45) is 5.11 Å². The molecule has 0 aliphatic heterocycles. The molecule has 0 atom stereocenters. The Bertz CT molecular complexity index is 643. The number of ether oxygens (including phenoxy) is 1. The summed E-state index contributed by atoms with van der Waals surface area (Å²) >= 11 is 0. The highest BCUT2D eigenvalue weighted by Crippen LogP contribution is 2.22. The Labute approximate surface area is 111 Å². The van der Waals surface area contributed by atoms with E-state index in [1.807, 2.05) is 30.4 Å². The van der Waals surface area contributed by atoms with Crippen molar-refractivity contribution in [2.75, 3.05) is 13.7 Å². The molecule has 0 bridgehead atoms. The standard InChI is InChI=1S/C15H15N3O/c1-19-15-8-7-13-10-12(5-6-14(13)11-15)4-2-3-9-17-18-16/h2,4-8,10-11H,3,9H2,1H3. The lowest BCUT2D eigenvalue weighted by Crippen LogP contribution is -1.82. The predicted molar refractivity (Wildman–Crippen MR) is 78.2 cm³/mol. The van der Waals surface area contributed by atoms with Crippen LogP contribution in [0.15, 0.2) is 47.6 Å². The van der Waals surface area contributed by atoms with E-state index in [4.69, 9.17) is 10.3 Å². The molecular formula is C15H15N3O. The smallest absolute Gasteiger partial charge is 0.119 e. The van der Waals surface area contributed by atoms with E-state index in [1.54, 1.807) is 7.11 Å². The van der Waals surface area contributed by atoms with Crippen molar-refractivity contribution in [2.45, 2.75) is 6.42 Å². The molecule has 0 spiro atoms. The van der Waals surface area contributed by atoms with Gasteiger partial charge in [-0.3, -0.25) is 0 Å². The molecule has 2 aromatic rings. The normalized spacial score (nSPS) is 10.6. The molecule has 19 heavy (non-hydrogen) atoms. The van der Waals surface area contributed by atoms with Gasteiger partial charge in [0.2, 0.25) is 0 Å². The maximum absolute atomic E-state index is 8.17. The summed E-state index contributed by atoms with van der Waals surface area (Å²) in [5.74, 6) is 0.866. The molecule has 4 heteroatoms. The van der Waals surface area contributed by atoms with Crippen LogP contribution in [0.3, 0.4) is 0 Å². The van der Waals surface area contributed by atoms with Gasteiger partial charge in [-0.05, 0) is 46.5 Å². The molecule has 0 saturated carbocycles. The van der Waals surface area contributed by atoms with Crippen molar-refractivity contribution in [1.82, 2.24) is 0 Å². The summed E-state index contributed by atoms with van der Waals surface area (Å²) in [5, 5.41) is 5.82. The number of methoxy groups -OCH3 is 1. The van der Waals surface area contributed by atoms with Gasteiger partial charge in [0, 0.05) is 11.5 Å². The van der Waals surface area contributed by atoms with Crippen LogP contribution in [0.5, 0.6) is 5.75 Å². The summed E-state index contributed by atoms with van der Waals surface area (Å²) < 4.78 is 5.20. The van der Waals surface area contributed by atoms with Gasteiger partial charge >= 0.3 is 0 Å². The average Bonchev–Trinajstić information content (AvgIpc) is 2.46. The third-order valence-electron chi connectivity index (χ3n) is 2.84. The van der Waals surface area contributed by atoms with Gasteiger partial charge in [0.25, 0.3) is 0 Å². The summed E-state index contributed by atoms with van der Waals surface area (Å²) in [7, 11) is 1.67. The number of nitrogens with zero attached hydrogens (tertiary/aromatic N) is 3. The Balaban J connectivity index is 2.15. The van der Waals surface area contributed by atoms with Gasteiger partial charge in [0.05, 0.1) is 7.11 Å². The van der Waals surface area contributed by atoms with Crippen LogP contribution >= 0.6 is 0 Å². The van der Waals surface area contributed by atoms with Crippen LogP contribution < -0.4 is 4.74 Å². The van der Waals surface area contributed by atoms with Crippen molar-refractivity contribution >= 4 is 16.8 Å². The molecular weight excluding hydrogens is 238 g/mol. The van der Waals surface area contributed by atoms with Crippen LogP contribution in [0.25, 0.3) is 27.3 Å². The molecule has 0 aliphatic carbocycles. The van der Waals surface area contributed by atoms with E-state index in [0.717, 1.165) is 23.1 Å². The van der Waals surface area contributed by atoms with Crippen molar-refractivity contribution in [1.29, 1.82) is 0 Å². The van der Waals surface area contributed by atoms with Gasteiger partial charge in [-0.25, -0.2) is 0 Å². The molecule has 0 unspecified atom stereocenters. The van der Waals surface area contributed by atoms with Gasteiger partial charge in [0.1, 0.15) is 5.75 Å². The van der Waals surface area contributed by atoms with Crippen LogP contribution in [0.1, 0.15) is 12.0 Å². The van der Waals surface area contributed by atoms with Gasteiger partial charge in [-0.1, -0.05) is 35.5 Å². The van der Waals surface area contributed by atoms with Crippen LogP contribution in [-0.2, 0) is 0 Å². The van der Waals surface area contributed by atoms with Crippen LogP contribution in [0.4, 0.5) is 0 Å². The second-order valence-corrected chi connectivity index (χ2v) is 4.12. The molecule has 2 rings (SSSR count). The predicted octanol–water partition coefficient (Wildman–Crippen LogP) is 4.56. The highest BCUT2D eigenvalue weighted by Gasteiger charge is 1.96. The Morgan fingerprint density at radius 1 is 1.21 bits per heavy atom. The number of azide groups is 1. The highest BCUT2D eigenvalue weighted by molar-refractivity contribution is 5.86. The third-order valence-corrected chi connectivity index (χ3v) is 2.84. The summed E-state index contributed by atoms with van der Waals surface area (Å²) in [6, 6.07) is 12.3. The molecule has 0 aliphatic rings. The second-order valence-electron chi connectivity index (χ2n) is 4.12. The molecule has 0 heterocycles. The van der Waals surface area contributed by atoms with E-state index in [0.29, 0.717) is 6.54 Å². The Hall–Kier alpha value is -2.45. The fraction of sp³-hybridized carbons (Fsp3) is 0.200. The lowest BCUT2D eigenvalue weighted by molar-refractivity contribution is 0.415. The van der Waals surface area contributed by atoms with Crippen LogP contribution in [0, 0.1) is 0 Å². The van der Waals surface area contributed by atoms with Gasteiger partial charge in [-0.15, -0.1) is 0 Å². The van der Waals surface area contributed by atoms with Gasteiger partial charge in [0.15, 0.2) is 0 Å². The minimum absolute atomic E-state index is 0.498. The lowest BCUT2D eigenvalue weighted by Gasteiger charge is -2.03. The van der Waals surface area contributed by atoms with Crippen molar-refractivity contribution < 1.29 is 4.74 Å². The van der Waals surface area contributed by atoms with Crippen molar-refractivity contribution in [3.63, 3.8) is 0 Å². The molecule has 2 aromatic carbocycles. The quantitative estimate of drug-likeness (QED) is 0.333. The monoisotopic (exact) mass is 253 g/mol. The maximum atomic E-state index is 8.17. The van der Waals surface area contributed by atoms with Gasteiger partial charge < -0.3 is 4.74 Å². The first-order valence-electron chi connectivity index (χ1n) is 6.08. The first-order chi connectivity index (χ1) is 9.33. The molecule has 96 valence electrons. The van der Waals surface area contributed by atoms with E-state index >= 15 is 0 Å². The topological polar surface area (TPSA) is 58.0 Å². The van der Waals surface area contributed by atoms with E-state index in [1.165, 1.54) is 5.39 Å². The fourth-order valence-electron chi connectivity index (χ4n) is 1.87. The Morgan fingerprint density at radius 3 is 2.79 bits per heavy atom. The van der Waals surface area contributed by atoms with E-state index in [2.05, 4.69) is 28.2 Å². The highest BCUT2D eigenvalue weighted by atomic mass is 16.5.